The molecule has 0 bridgehead atoms. The Morgan fingerprint density at radius 1 is 1.43 bits per heavy atom. The van der Waals surface area contributed by atoms with E-state index in [1.54, 1.807) is 4.90 Å². The summed E-state index contributed by atoms with van der Waals surface area (Å²) in [4.78, 5) is 32.1. The van der Waals surface area contributed by atoms with Gasteiger partial charge >= 0.3 is 0 Å². The molecule has 6 nitrogen and oxygen atoms in total. The van der Waals surface area contributed by atoms with Crippen LogP contribution in [0.15, 0.2) is 5.38 Å². The zero-order valence-corrected chi connectivity index (χ0v) is 15.4. The first-order valence-electron chi connectivity index (χ1n) is 7.39. The van der Waals surface area contributed by atoms with Crippen LogP contribution in [0, 0.1) is 0 Å². The molecular formula is C14H22Cl2N4O2S. The van der Waals surface area contributed by atoms with E-state index in [9.17, 15) is 9.59 Å². The number of halogens is 2. The van der Waals surface area contributed by atoms with Gasteiger partial charge in [0.2, 0.25) is 11.8 Å². The van der Waals surface area contributed by atoms with Gasteiger partial charge in [0, 0.05) is 44.0 Å². The first-order valence-corrected chi connectivity index (χ1v) is 8.27. The number of thiazole rings is 1. The van der Waals surface area contributed by atoms with Crippen LogP contribution in [-0.2, 0) is 16.0 Å². The van der Waals surface area contributed by atoms with Gasteiger partial charge in [0.05, 0.1) is 12.1 Å². The number of aromatic nitrogens is 1. The van der Waals surface area contributed by atoms with Crippen molar-refractivity contribution in [3.63, 3.8) is 0 Å². The summed E-state index contributed by atoms with van der Waals surface area (Å²) in [5.74, 6) is 0.256. The molecule has 130 valence electrons. The molecule has 0 saturated carbocycles. The molecule has 23 heavy (non-hydrogen) atoms. The second-order valence-electron chi connectivity index (χ2n) is 5.64. The van der Waals surface area contributed by atoms with Crippen LogP contribution in [0.25, 0.3) is 0 Å². The summed E-state index contributed by atoms with van der Waals surface area (Å²) in [5, 5.41) is 5.95. The Morgan fingerprint density at radius 3 is 2.87 bits per heavy atom. The van der Waals surface area contributed by atoms with E-state index in [1.165, 1.54) is 11.3 Å². The number of nitrogens with one attached hydrogen (secondary N) is 1. The molecule has 2 fully saturated rings. The molecule has 3 heterocycles. The molecule has 1 N–H and O–H groups in total. The van der Waals surface area contributed by atoms with Gasteiger partial charge in [-0.1, -0.05) is 0 Å². The number of rotatable bonds is 3. The lowest BCUT2D eigenvalue weighted by atomic mass is 10.2. The summed E-state index contributed by atoms with van der Waals surface area (Å²) >= 11 is 1.45. The molecule has 2 amide bonds. The molecular weight excluding hydrogens is 359 g/mol. The maximum atomic E-state index is 12.3. The third-order valence-corrected chi connectivity index (χ3v) is 4.81. The Hall–Kier alpha value is -0.890. The lowest BCUT2D eigenvalue weighted by molar-refractivity contribution is -0.131. The van der Waals surface area contributed by atoms with Gasteiger partial charge in [-0.15, -0.1) is 36.2 Å². The van der Waals surface area contributed by atoms with Crippen molar-refractivity contribution < 1.29 is 9.59 Å². The first-order chi connectivity index (χ1) is 10.1. The standard InChI is InChI=1S/C14H20N4O2S.2ClH/c1-10-8-17(6-4-15-10)13(20)7-11-9-21-14(16-11)18-5-2-3-12(18)19;;/h9-10,15H,2-8H2,1H3;2*1H. The van der Waals surface area contributed by atoms with Crippen molar-refractivity contribution >= 4 is 53.1 Å². The van der Waals surface area contributed by atoms with E-state index in [0.29, 0.717) is 18.9 Å². The molecule has 1 aromatic heterocycles. The van der Waals surface area contributed by atoms with E-state index in [-0.39, 0.29) is 36.6 Å². The monoisotopic (exact) mass is 380 g/mol. The Balaban J connectivity index is 0.00000132. The van der Waals surface area contributed by atoms with Crippen LogP contribution in [-0.4, -0.2) is 53.9 Å². The molecule has 1 atom stereocenters. The fourth-order valence-electron chi connectivity index (χ4n) is 2.78. The minimum absolute atomic E-state index is 0. The average Bonchev–Trinajstić information content (AvgIpc) is 3.07. The number of hydrogen-bond donors (Lipinski definition) is 1. The number of piperazine rings is 1. The number of amides is 2. The summed E-state index contributed by atoms with van der Waals surface area (Å²) in [6.45, 7) is 5.18. The van der Waals surface area contributed by atoms with Crippen molar-refractivity contribution in [1.29, 1.82) is 0 Å². The second kappa shape index (κ2) is 8.82. The molecule has 0 aliphatic carbocycles. The first kappa shape index (κ1) is 20.2. The van der Waals surface area contributed by atoms with E-state index in [2.05, 4.69) is 17.2 Å². The minimum Gasteiger partial charge on any atom is -0.340 e. The van der Waals surface area contributed by atoms with Crippen LogP contribution in [0.3, 0.4) is 0 Å². The Bertz CT molecular complexity index is 555. The van der Waals surface area contributed by atoms with Crippen LogP contribution in [0.2, 0.25) is 0 Å². The van der Waals surface area contributed by atoms with Crippen LogP contribution in [0.4, 0.5) is 5.13 Å². The van der Waals surface area contributed by atoms with Crippen molar-refractivity contribution in [2.24, 2.45) is 0 Å². The molecule has 3 rings (SSSR count). The molecule has 0 aromatic carbocycles. The molecule has 2 aliphatic rings. The fraction of sp³-hybridized carbons (Fsp3) is 0.643. The number of carbonyl (C=O) groups excluding carboxylic acids is 2. The smallest absolute Gasteiger partial charge is 0.228 e. The molecule has 1 aromatic rings. The third-order valence-electron chi connectivity index (χ3n) is 3.90. The molecule has 0 spiro atoms. The zero-order chi connectivity index (χ0) is 14.8. The van der Waals surface area contributed by atoms with Gasteiger partial charge in [0.25, 0.3) is 0 Å². The van der Waals surface area contributed by atoms with E-state index in [0.717, 1.165) is 43.4 Å². The quantitative estimate of drug-likeness (QED) is 0.862. The van der Waals surface area contributed by atoms with Crippen molar-refractivity contribution in [3.05, 3.63) is 11.1 Å². The topological polar surface area (TPSA) is 65.5 Å². The predicted molar refractivity (Wildman–Crippen MR) is 95.9 cm³/mol. The van der Waals surface area contributed by atoms with Crippen LogP contribution in [0.1, 0.15) is 25.5 Å². The summed E-state index contributed by atoms with van der Waals surface area (Å²) in [7, 11) is 0. The molecule has 2 aliphatic heterocycles. The van der Waals surface area contributed by atoms with Crippen LogP contribution in [0.5, 0.6) is 0 Å². The van der Waals surface area contributed by atoms with Gasteiger partial charge in [-0.2, -0.15) is 0 Å². The predicted octanol–water partition coefficient (Wildman–Crippen LogP) is 1.48. The van der Waals surface area contributed by atoms with Gasteiger partial charge < -0.3 is 10.2 Å². The van der Waals surface area contributed by atoms with E-state index in [4.69, 9.17) is 0 Å². The number of anilines is 1. The van der Waals surface area contributed by atoms with Crippen molar-refractivity contribution in [2.45, 2.75) is 32.2 Å². The van der Waals surface area contributed by atoms with Crippen molar-refractivity contribution in [1.82, 2.24) is 15.2 Å². The summed E-state index contributed by atoms with van der Waals surface area (Å²) in [6.07, 6.45) is 1.82. The lowest BCUT2D eigenvalue weighted by Crippen LogP contribution is -2.51. The Morgan fingerprint density at radius 2 is 2.22 bits per heavy atom. The van der Waals surface area contributed by atoms with Gasteiger partial charge in [0.1, 0.15) is 0 Å². The molecule has 2 saturated heterocycles. The number of hydrogen-bond acceptors (Lipinski definition) is 5. The third kappa shape index (κ3) is 4.79. The Kier molecular flexibility index (Phi) is 7.73. The SMILES string of the molecule is CC1CN(C(=O)Cc2csc(N3CCCC3=O)n2)CCN1.Cl.Cl. The minimum atomic E-state index is 0. The van der Waals surface area contributed by atoms with E-state index < -0.39 is 0 Å². The normalized spacial score (nSPS) is 20.9. The summed E-state index contributed by atoms with van der Waals surface area (Å²) < 4.78 is 0. The van der Waals surface area contributed by atoms with Crippen LogP contribution < -0.4 is 10.2 Å². The van der Waals surface area contributed by atoms with E-state index in [1.807, 2.05) is 10.3 Å². The highest BCUT2D eigenvalue weighted by molar-refractivity contribution is 7.14. The maximum Gasteiger partial charge on any atom is 0.228 e. The zero-order valence-electron chi connectivity index (χ0n) is 13.0. The Labute approximate surface area is 152 Å². The largest absolute Gasteiger partial charge is 0.340 e. The van der Waals surface area contributed by atoms with Gasteiger partial charge in [-0.05, 0) is 13.3 Å². The molecule has 0 radical (unpaired) electrons. The van der Waals surface area contributed by atoms with Gasteiger partial charge in [-0.25, -0.2) is 4.98 Å². The van der Waals surface area contributed by atoms with Crippen molar-refractivity contribution in [3.8, 4) is 0 Å². The summed E-state index contributed by atoms with van der Waals surface area (Å²) in [5.41, 5.74) is 0.769. The highest BCUT2D eigenvalue weighted by Crippen LogP contribution is 2.25. The number of nitrogens with zero attached hydrogens (tertiary/aromatic N) is 3. The highest BCUT2D eigenvalue weighted by Gasteiger charge is 2.25. The number of carbonyl (C=O) groups is 2. The summed E-state index contributed by atoms with van der Waals surface area (Å²) in [6, 6.07) is 0.343. The lowest BCUT2D eigenvalue weighted by Gasteiger charge is -2.31. The molecule has 9 heteroatoms. The maximum absolute atomic E-state index is 12.3. The van der Waals surface area contributed by atoms with Crippen molar-refractivity contribution in [2.75, 3.05) is 31.1 Å². The van der Waals surface area contributed by atoms with Gasteiger partial charge in [-0.3, -0.25) is 14.5 Å². The van der Waals surface area contributed by atoms with Crippen LogP contribution >= 0.6 is 36.2 Å². The highest BCUT2D eigenvalue weighted by atomic mass is 35.5. The fourth-order valence-corrected chi connectivity index (χ4v) is 3.65. The molecule has 1 unspecified atom stereocenters. The average molecular weight is 381 g/mol. The van der Waals surface area contributed by atoms with E-state index >= 15 is 0 Å². The second-order valence-corrected chi connectivity index (χ2v) is 6.48. The van der Waals surface area contributed by atoms with Gasteiger partial charge in [0.15, 0.2) is 5.13 Å².